The number of hydrogen-bond acceptors (Lipinski definition) is 2. The molecule has 15 heavy (non-hydrogen) atoms. The highest BCUT2D eigenvalue weighted by atomic mass is 15.3. The fourth-order valence-corrected chi connectivity index (χ4v) is 1.61. The molecular formula is C12H23N3. The lowest BCUT2D eigenvalue weighted by Gasteiger charge is -2.09. The van der Waals surface area contributed by atoms with Crippen molar-refractivity contribution in [2.24, 2.45) is 5.73 Å². The molecule has 0 saturated heterocycles. The van der Waals surface area contributed by atoms with Crippen LogP contribution in [0.25, 0.3) is 0 Å². The van der Waals surface area contributed by atoms with Crippen LogP contribution in [0.2, 0.25) is 0 Å². The zero-order chi connectivity index (χ0) is 11.3. The molecule has 86 valence electrons. The Labute approximate surface area is 92.7 Å². The summed E-state index contributed by atoms with van der Waals surface area (Å²) in [6.45, 7) is 6.46. The Balaban J connectivity index is 2.42. The predicted octanol–water partition coefficient (Wildman–Crippen LogP) is 2.52. The van der Waals surface area contributed by atoms with Gasteiger partial charge < -0.3 is 5.73 Å². The van der Waals surface area contributed by atoms with Crippen LogP contribution in [-0.2, 0) is 6.42 Å². The topological polar surface area (TPSA) is 43.8 Å². The first-order valence-electron chi connectivity index (χ1n) is 5.93. The van der Waals surface area contributed by atoms with Gasteiger partial charge in [-0.25, -0.2) is 0 Å². The number of nitrogens with two attached hydrogens (primary N) is 1. The molecule has 0 aliphatic carbocycles. The van der Waals surface area contributed by atoms with Crippen LogP contribution in [0.15, 0.2) is 12.3 Å². The molecule has 0 saturated carbocycles. The fraction of sp³-hybridized carbons (Fsp3) is 0.750. The van der Waals surface area contributed by atoms with Crippen LogP contribution < -0.4 is 5.73 Å². The molecule has 1 atom stereocenters. The van der Waals surface area contributed by atoms with E-state index in [0.717, 1.165) is 18.5 Å². The van der Waals surface area contributed by atoms with E-state index < -0.39 is 0 Å². The summed E-state index contributed by atoms with van der Waals surface area (Å²) in [6, 6.07) is 2.78. The first-order chi connectivity index (χ1) is 7.13. The van der Waals surface area contributed by atoms with Crippen molar-refractivity contribution in [1.29, 1.82) is 0 Å². The molecular weight excluding hydrogens is 186 g/mol. The zero-order valence-corrected chi connectivity index (χ0v) is 10.1. The van der Waals surface area contributed by atoms with Crippen LogP contribution in [0.4, 0.5) is 0 Å². The van der Waals surface area contributed by atoms with E-state index in [-0.39, 0.29) is 6.04 Å². The number of rotatable bonds is 6. The molecule has 1 aromatic rings. The first kappa shape index (κ1) is 12.2. The van der Waals surface area contributed by atoms with E-state index in [1.807, 2.05) is 10.9 Å². The van der Waals surface area contributed by atoms with Gasteiger partial charge in [0.2, 0.25) is 0 Å². The summed E-state index contributed by atoms with van der Waals surface area (Å²) >= 11 is 0. The first-order valence-corrected chi connectivity index (χ1v) is 5.93. The van der Waals surface area contributed by atoms with Gasteiger partial charge in [0.15, 0.2) is 0 Å². The minimum Gasteiger partial charge on any atom is -0.327 e. The maximum Gasteiger partial charge on any atom is 0.0640 e. The second kappa shape index (κ2) is 5.91. The molecule has 0 amide bonds. The van der Waals surface area contributed by atoms with Gasteiger partial charge in [-0.1, -0.05) is 19.8 Å². The molecule has 1 rings (SSSR count). The van der Waals surface area contributed by atoms with Gasteiger partial charge in [-0.15, -0.1) is 0 Å². The third kappa shape index (κ3) is 4.04. The number of hydrogen-bond donors (Lipinski definition) is 1. The minimum absolute atomic E-state index is 0.264. The molecule has 1 heterocycles. The van der Waals surface area contributed by atoms with Crippen LogP contribution in [0.3, 0.4) is 0 Å². The third-order valence-corrected chi connectivity index (χ3v) is 2.59. The lowest BCUT2D eigenvalue weighted by atomic mass is 10.1. The molecule has 1 aromatic heterocycles. The average Bonchev–Trinajstić information content (AvgIpc) is 2.63. The van der Waals surface area contributed by atoms with Gasteiger partial charge in [0.1, 0.15) is 0 Å². The Morgan fingerprint density at radius 3 is 2.73 bits per heavy atom. The molecule has 0 bridgehead atoms. The van der Waals surface area contributed by atoms with Gasteiger partial charge in [0, 0.05) is 24.7 Å². The molecule has 0 radical (unpaired) electrons. The largest absolute Gasteiger partial charge is 0.327 e. The zero-order valence-electron chi connectivity index (χ0n) is 10.1. The molecule has 0 aliphatic heterocycles. The summed E-state index contributed by atoms with van der Waals surface area (Å²) in [5.41, 5.74) is 7.15. The van der Waals surface area contributed by atoms with Crippen molar-refractivity contribution in [2.75, 3.05) is 0 Å². The molecule has 3 nitrogen and oxygen atoms in total. The van der Waals surface area contributed by atoms with Gasteiger partial charge in [-0.05, 0) is 26.3 Å². The average molecular weight is 209 g/mol. The Morgan fingerprint density at radius 2 is 2.20 bits per heavy atom. The monoisotopic (exact) mass is 209 g/mol. The van der Waals surface area contributed by atoms with Gasteiger partial charge >= 0.3 is 0 Å². The minimum atomic E-state index is 0.264. The van der Waals surface area contributed by atoms with Crippen LogP contribution >= 0.6 is 0 Å². The molecule has 0 aliphatic rings. The van der Waals surface area contributed by atoms with E-state index in [4.69, 9.17) is 5.73 Å². The Kier molecular flexibility index (Phi) is 4.82. The van der Waals surface area contributed by atoms with Crippen molar-refractivity contribution >= 4 is 0 Å². The van der Waals surface area contributed by atoms with Crippen molar-refractivity contribution in [1.82, 2.24) is 9.78 Å². The predicted molar refractivity (Wildman–Crippen MR) is 63.8 cm³/mol. The highest BCUT2D eigenvalue weighted by Gasteiger charge is 2.07. The lowest BCUT2D eigenvalue weighted by molar-refractivity contribution is 0.514. The number of aromatic nitrogens is 2. The fourth-order valence-electron chi connectivity index (χ4n) is 1.61. The maximum absolute atomic E-state index is 6.03. The van der Waals surface area contributed by atoms with E-state index in [1.54, 1.807) is 0 Å². The van der Waals surface area contributed by atoms with Gasteiger partial charge in [0.05, 0.1) is 5.69 Å². The van der Waals surface area contributed by atoms with Crippen molar-refractivity contribution < 1.29 is 0 Å². The highest BCUT2D eigenvalue weighted by molar-refractivity contribution is 5.01. The SMILES string of the molecule is CCCCC(N)Cc1ccn(C(C)C)n1. The molecule has 0 spiro atoms. The van der Waals surface area contributed by atoms with Crippen LogP contribution in [0.5, 0.6) is 0 Å². The molecule has 1 unspecified atom stereocenters. The summed E-state index contributed by atoms with van der Waals surface area (Å²) in [4.78, 5) is 0. The van der Waals surface area contributed by atoms with Crippen LogP contribution in [0, 0.1) is 0 Å². The number of unbranched alkanes of at least 4 members (excludes halogenated alkanes) is 1. The Hall–Kier alpha value is -0.830. The molecule has 3 heteroatoms. The van der Waals surface area contributed by atoms with Crippen LogP contribution in [0.1, 0.15) is 51.8 Å². The Bertz CT molecular complexity index is 278. The van der Waals surface area contributed by atoms with Crippen molar-refractivity contribution in [3.63, 3.8) is 0 Å². The second-order valence-corrected chi connectivity index (χ2v) is 4.49. The van der Waals surface area contributed by atoms with Gasteiger partial charge in [0.25, 0.3) is 0 Å². The summed E-state index contributed by atoms with van der Waals surface area (Å²) < 4.78 is 1.99. The smallest absolute Gasteiger partial charge is 0.0640 e. The summed E-state index contributed by atoms with van der Waals surface area (Å²) in [7, 11) is 0. The standard InChI is InChI=1S/C12H23N3/c1-4-5-6-11(13)9-12-7-8-15(14-12)10(2)3/h7-8,10-11H,4-6,9,13H2,1-3H3. The number of nitrogens with zero attached hydrogens (tertiary/aromatic N) is 2. The van der Waals surface area contributed by atoms with Crippen molar-refractivity contribution in [3.05, 3.63) is 18.0 Å². The Morgan fingerprint density at radius 1 is 1.47 bits per heavy atom. The highest BCUT2D eigenvalue weighted by Crippen LogP contribution is 2.08. The summed E-state index contributed by atoms with van der Waals surface area (Å²) in [5, 5.41) is 4.49. The van der Waals surface area contributed by atoms with Gasteiger partial charge in [-0.2, -0.15) is 5.10 Å². The van der Waals surface area contributed by atoms with Crippen molar-refractivity contribution in [3.8, 4) is 0 Å². The molecule has 2 N–H and O–H groups in total. The van der Waals surface area contributed by atoms with Gasteiger partial charge in [-0.3, -0.25) is 4.68 Å². The van der Waals surface area contributed by atoms with E-state index in [9.17, 15) is 0 Å². The van der Waals surface area contributed by atoms with E-state index in [1.165, 1.54) is 12.8 Å². The molecule has 0 aromatic carbocycles. The van der Waals surface area contributed by atoms with E-state index in [2.05, 4.69) is 31.9 Å². The molecule has 0 fully saturated rings. The normalized spacial score (nSPS) is 13.4. The van der Waals surface area contributed by atoms with Crippen LogP contribution in [-0.4, -0.2) is 15.8 Å². The van der Waals surface area contributed by atoms with Crippen molar-refractivity contribution in [2.45, 2.75) is 58.5 Å². The van der Waals surface area contributed by atoms with E-state index in [0.29, 0.717) is 6.04 Å². The second-order valence-electron chi connectivity index (χ2n) is 4.49. The third-order valence-electron chi connectivity index (χ3n) is 2.59. The maximum atomic E-state index is 6.03. The summed E-state index contributed by atoms with van der Waals surface area (Å²) in [6.07, 6.45) is 6.47. The lowest BCUT2D eigenvalue weighted by Crippen LogP contribution is -2.23. The van der Waals surface area contributed by atoms with E-state index >= 15 is 0 Å². The summed E-state index contributed by atoms with van der Waals surface area (Å²) in [5.74, 6) is 0. The quantitative estimate of drug-likeness (QED) is 0.782.